The van der Waals surface area contributed by atoms with E-state index in [1.165, 1.54) is 36.9 Å². The summed E-state index contributed by atoms with van der Waals surface area (Å²) in [5.74, 6) is -0.828. The van der Waals surface area contributed by atoms with Gasteiger partial charge in [0.15, 0.2) is 5.69 Å². The summed E-state index contributed by atoms with van der Waals surface area (Å²) in [5.41, 5.74) is -1.46. The van der Waals surface area contributed by atoms with Crippen LogP contribution in [-0.2, 0) is 11.0 Å². The van der Waals surface area contributed by atoms with E-state index in [2.05, 4.69) is 10.4 Å². The number of hydrogen-bond acceptors (Lipinski definition) is 4. The SMILES string of the molecule is CC(=O)NC1CCCN(C(=O)c2nn(-c3cccc(C(F)(F)F)c3)c(C)cc2=O)C1. The van der Waals surface area contributed by atoms with Crippen molar-refractivity contribution in [3.63, 3.8) is 0 Å². The standard InChI is InChI=1S/C20H21F3N4O3/c1-12-9-17(29)18(19(30)26-8-4-6-15(11-26)24-13(2)28)25-27(12)16-7-3-5-14(10-16)20(21,22)23/h3,5,7,9-10,15H,4,6,8,11H2,1-2H3,(H,24,28). The lowest BCUT2D eigenvalue weighted by Gasteiger charge is -2.32. The summed E-state index contributed by atoms with van der Waals surface area (Å²) < 4.78 is 40.3. The Morgan fingerprint density at radius 2 is 1.97 bits per heavy atom. The van der Waals surface area contributed by atoms with Gasteiger partial charge in [0.05, 0.1) is 11.3 Å². The molecular formula is C20H21F3N4O3. The fourth-order valence-corrected chi connectivity index (χ4v) is 3.49. The van der Waals surface area contributed by atoms with Crippen LogP contribution >= 0.6 is 0 Å². The van der Waals surface area contributed by atoms with Gasteiger partial charge in [0.25, 0.3) is 5.91 Å². The molecule has 1 fully saturated rings. The van der Waals surface area contributed by atoms with Crippen LogP contribution in [0, 0.1) is 6.92 Å². The predicted molar refractivity (Wildman–Crippen MR) is 102 cm³/mol. The highest BCUT2D eigenvalue weighted by molar-refractivity contribution is 5.92. The second-order valence-electron chi connectivity index (χ2n) is 7.25. The van der Waals surface area contributed by atoms with Crippen LogP contribution in [0.1, 0.15) is 41.5 Å². The summed E-state index contributed by atoms with van der Waals surface area (Å²) in [6.07, 6.45) is -3.18. The predicted octanol–water partition coefficient (Wildman–Crippen LogP) is 2.30. The molecule has 0 bridgehead atoms. The molecule has 3 rings (SSSR count). The topological polar surface area (TPSA) is 84.3 Å². The number of rotatable bonds is 3. The largest absolute Gasteiger partial charge is 0.416 e. The second-order valence-corrected chi connectivity index (χ2v) is 7.25. The zero-order valence-electron chi connectivity index (χ0n) is 16.5. The lowest BCUT2D eigenvalue weighted by molar-refractivity contribution is -0.137. The smallest absolute Gasteiger partial charge is 0.352 e. The summed E-state index contributed by atoms with van der Waals surface area (Å²) in [5, 5.41) is 6.84. The molecule has 0 spiro atoms. The number of alkyl halides is 3. The molecule has 1 aliphatic rings. The Balaban J connectivity index is 1.95. The van der Waals surface area contributed by atoms with Gasteiger partial charge in [-0.25, -0.2) is 4.68 Å². The number of halogens is 3. The molecule has 1 aliphatic heterocycles. The number of aromatic nitrogens is 2. The highest BCUT2D eigenvalue weighted by atomic mass is 19.4. The zero-order chi connectivity index (χ0) is 22.1. The van der Waals surface area contributed by atoms with Gasteiger partial charge in [0.1, 0.15) is 0 Å². The van der Waals surface area contributed by atoms with Crippen LogP contribution in [0.3, 0.4) is 0 Å². The third-order valence-electron chi connectivity index (χ3n) is 4.84. The Labute approximate surface area is 170 Å². The van der Waals surface area contributed by atoms with E-state index in [0.29, 0.717) is 25.1 Å². The van der Waals surface area contributed by atoms with Crippen molar-refractivity contribution in [1.29, 1.82) is 0 Å². The quantitative estimate of drug-likeness (QED) is 0.823. The van der Waals surface area contributed by atoms with Crippen molar-refractivity contribution in [1.82, 2.24) is 20.0 Å². The molecule has 160 valence electrons. The average Bonchev–Trinajstić information content (AvgIpc) is 2.67. The van der Waals surface area contributed by atoms with Gasteiger partial charge in [-0.15, -0.1) is 0 Å². The molecule has 1 aromatic carbocycles. The molecule has 2 aromatic rings. The number of hydrogen-bond donors (Lipinski definition) is 1. The summed E-state index contributed by atoms with van der Waals surface area (Å²) in [4.78, 5) is 38.1. The Hall–Kier alpha value is -3.17. The van der Waals surface area contributed by atoms with Gasteiger partial charge in [0.2, 0.25) is 11.3 Å². The third-order valence-corrected chi connectivity index (χ3v) is 4.84. The molecule has 2 amide bonds. The van der Waals surface area contributed by atoms with Crippen molar-refractivity contribution in [3.05, 3.63) is 57.5 Å². The number of benzene rings is 1. The monoisotopic (exact) mass is 422 g/mol. The lowest BCUT2D eigenvalue weighted by atomic mass is 10.1. The average molecular weight is 422 g/mol. The van der Waals surface area contributed by atoms with Crippen LogP contribution in [0.25, 0.3) is 5.69 Å². The first-order chi connectivity index (χ1) is 14.1. The molecule has 1 saturated heterocycles. The van der Waals surface area contributed by atoms with Crippen LogP contribution in [0.2, 0.25) is 0 Å². The van der Waals surface area contributed by atoms with Gasteiger partial charge in [-0.2, -0.15) is 18.3 Å². The minimum Gasteiger partial charge on any atom is -0.352 e. The number of amides is 2. The highest BCUT2D eigenvalue weighted by Gasteiger charge is 2.31. The van der Waals surface area contributed by atoms with Crippen molar-refractivity contribution < 1.29 is 22.8 Å². The summed E-state index contributed by atoms with van der Waals surface area (Å²) in [6, 6.07) is 5.45. The van der Waals surface area contributed by atoms with Crippen LogP contribution in [-0.4, -0.2) is 45.6 Å². The van der Waals surface area contributed by atoms with Crippen LogP contribution in [0.5, 0.6) is 0 Å². The van der Waals surface area contributed by atoms with Crippen molar-refractivity contribution >= 4 is 11.8 Å². The highest BCUT2D eigenvalue weighted by Crippen LogP contribution is 2.30. The van der Waals surface area contributed by atoms with Crippen LogP contribution in [0.4, 0.5) is 13.2 Å². The number of likely N-dealkylation sites (tertiary alicyclic amines) is 1. The number of carbonyl (C=O) groups excluding carboxylic acids is 2. The Morgan fingerprint density at radius 3 is 2.63 bits per heavy atom. The first kappa shape index (κ1) is 21.5. The molecule has 0 saturated carbocycles. The molecule has 1 unspecified atom stereocenters. The van der Waals surface area contributed by atoms with E-state index in [1.807, 2.05) is 0 Å². The van der Waals surface area contributed by atoms with E-state index in [-0.39, 0.29) is 29.9 Å². The molecule has 1 N–H and O–H groups in total. The lowest BCUT2D eigenvalue weighted by Crippen LogP contribution is -2.50. The van der Waals surface area contributed by atoms with E-state index in [4.69, 9.17) is 0 Å². The van der Waals surface area contributed by atoms with E-state index >= 15 is 0 Å². The van der Waals surface area contributed by atoms with Gasteiger partial charge in [-0.3, -0.25) is 14.4 Å². The maximum Gasteiger partial charge on any atom is 0.416 e. The maximum atomic E-state index is 13.1. The number of piperidine rings is 1. The first-order valence-corrected chi connectivity index (χ1v) is 9.41. The molecule has 1 aromatic heterocycles. The van der Waals surface area contributed by atoms with Crippen molar-refractivity contribution in [2.75, 3.05) is 13.1 Å². The Bertz CT molecular complexity index is 1030. The fourth-order valence-electron chi connectivity index (χ4n) is 3.49. The molecule has 10 heteroatoms. The second kappa shape index (κ2) is 8.29. The number of nitrogens with zero attached hydrogens (tertiary/aromatic N) is 3. The molecule has 1 atom stereocenters. The normalized spacial score (nSPS) is 17.0. The number of nitrogens with one attached hydrogen (secondary N) is 1. The molecule has 30 heavy (non-hydrogen) atoms. The van der Waals surface area contributed by atoms with Gasteiger partial charge >= 0.3 is 6.18 Å². The third kappa shape index (κ3) is 4.69. The maximum absolute atomic E-state index is 13.1. The van der Waals surface area contributed by atoms with Gasteiger partial charge < -0.3 is 10.2 Å². The van der Waals surface area contributed by atoms with Gasteiger partial charge in [-0.05, 0) is 38.0 Å². The molecular weight excluding hydrogens is 401 g/mol. The summed E-state index contributed by atoms with van der Waals surface area (Å²) in [6.45, 7) is 3.54. The van der Waals surface area contributed by atoms with Crippen molar-refractivity contribution in [2.24, 2.45) is 0 Å². The molecule has 7 nitrogen and oxygen atoms in total. The van der Waals surface area contributed by atoms with Crippen molar-refractivity contribution in [3.8, 4) is 5.69 Å². The molecule has 0 radical (unpaired) electrons. The Morgan fingerprint density at radius 1 is 1.23 bits per heavy atom. The van der Waals surface area contributed by atoms with Crippen LogP contribution in [0.15, 0.2) is 35.1 Å². The van der Waals surface area contributed by atoms with Crippen molar-refractivity contribution in [2.45, 2.75) is 38.9 Å². The van der Waals surface area contributed by atoms with Gasteiger partial charge in [0, 0.05) is 37.8 Å². The number of aryl methyl sites for hydroxylation is 1. The first-order valence-electron chi connectivity index (χ1n) is 9.41. The van der Waals surface area contributed by atoms with E-state index in [9.17, 15) is 27.6 Å². The number of carbonyl (C=O) groups is 2. The van der Waals surface area contributed by atoms with E-state index < -0.39 is 23.1 Å². The minimum atomic E-state index is -4.53. The molecule has 2 heterocycles. The Kier molecular flexibility index (Phi) is 5.95. The minimum absolute atomic E-state index is 0.0890. The van der Waals surface area contributed by atoms with E-state index in [1.54, 1.807) is 0 Å². The summed E-state index contributed by atoms with van der Waals surface area (Å²) in [7, 11) is 0. The van der Waals surface area contributed by atoms with Crippen LogP contribution < -0.4 is 10.7 Å². The van der Waals surface area contributed by atoms with Gasteiger partial charge in [-0.1, -0.05) is 6.07 Å². The zero-order valence-corrected chi connectivity index (χ0v) is 16.5. The molecule has 0 aliphatic carbocycles. The van der Waals surface area contributed by atoms with E-state index in [0.717, 1.165) is 16.8 Å². The fraction of sp³-hybridized carbons (Fsp3) is 0.400. The summed E-state index contributed by atoms with van der Waals surface area (Å²) >= 11 is 0.